The average Bonchev–Trinajstić information content (AvgIpc) is 2.37. The van der Waals surface area contributed by atoms with E-state index in [4.69, 9.17) is 21.1 Å². The van der Waals surface area contributed by atoms with Crippen molar-refractivity contribution in [1.29, 1.82) is 0 Å². The van der Waals surface area contributed by atoms with Crippen molar-refractivity contribution >= 4 is 23.2 Å². The van der Waals surface area contributed by atoms with Crippen LogP contribution in [0.4, 0.5) is 5.69 Å². The maximum absolute atomic E-state index is 12.1. The lowest BCUT2D eigenvalue weighted by molar-refractivity contribution is -0.907. The highest BCUT2D eigenvalue weighted by atomic mass is 35.5. The van der Waals surface area contributed by atoms with Gasteiger partial charge in [-0.1, -0.05) is 11.6 Å². The third kappa shape index (κ3) is 4.59. The number of benzene rings is 1. The predicted molar refractivity (Wildman–Crippen MR) is 82.2 cm³/mol. The Hall–Kier alpha value is -1.30. The second-order valence-corrected chi connectivity index (χ2v) is 5.90. The average molecular weight is 314 g/mol. The first-order valence-corrected chi connectivity index (χ1v) is 7.48. The molecule has 6 heteroatoms. The van der Waals surface area contributed by atoms with Gasteiger partial charge >= 0.3 is 0 Å². The summed E-state index contributed by atoms with van der Waals surface area (Å²) in [6.07, 6.45) is 0.374. The summed E-state index contributed by atoms with van der Waals surface area (Å²) in [5.41, 5.74) is 0.680. The van der Waals surface area contributed by atoms with Crippen LogP contribution in [-0.2, 0) is 9.53 Å². The van der Waals surface area contributed by atoms with E-state index in [0.717, 1.165) is 13.1 Å². The molecule has 1 amide bonds. The fraction of sp³-hybridized carbons (Fsp3) is 0.533. The fourth-order valence-electron chi connectivity index (χ4n) is 2.71. The van der Waals surface area contributed by atoms with Crippen LogP contribution in [-0.4, -0.2) is 44.9 Å². The van der Waals surface area contributed by atoms with Crippen LogP contribution >= 0.6 is 11.6 Å². The Morgan fingerprint density at radius 2 is 2.10 bits per heavy atom. The largest absolute Gasteiger partial charge is 0.495 e. The summed E-state index contributed by atoms with van der Waals surface area (Å²) in [6.45, 7) is 6.21. The fourth-order valence-corrected chi connectivity index (χ4v) is 2.97. The van der Waals surface area contributed by atoms with Gasteiger partial charge in [0.1, 0.15) is 31.0 Å². The highest BCUT2D eigenvalue weighted by Crippen LogP contribution is 2.26. The number of methoxy groups -OCH3 is 1. The first kappa shape index (κ1) is 16.1. The molecule has 0 saturated carbocycles. The van der Waals surface area contributed by atoms with Crippen molar-refractivity contribution in [2.75, 3.05) is 32.1 Å². The number of ether oxygens (including phenoxy) is 2. The van der Waals surface area contributed by atoms with Crippen LogP contribution in [0.3, 0.4) is 0 Å². The molecule has 21 heavy (non-hydrogen) atoms. The molecule has 1 aliphatic heterocycles. The molecule has 1 aliphatic rings. The lowest BCUT2D eigenvalue weighted by atomic mass is 10.2. The molecular weight excluding hydrogens is 292 g/mol. The molecule has 0 aromatic heterocycles. The second-order valence-electron chi connectivity index (χ2n) is 5.49. The quantitative estimate of drug-likeness (QED) is 0.871. The van der Waals surface area contributed by atoms with Crippen LogP contribution in [0.5, 0.6) is 5.75 Å². The van der Waals surface area contributed by atoms with Gasteiger partial charge in [0.2, 0.25) is 0 Å². The maximum atomic E-state index is 12.1. The Bertz CT molecular complexity index is 500. The van der Waals surface area contributed by atoms with Crippen molar-refractivity contribution in [1.82, 2.24) is 0 Å². The third-order valence-electron chi connectivity index (χ3n) is 3.46. The smallest absolute Gasteiger partial charge is 0.279 e. The van der Waals surface area contributed by atoms with E-state index in [2.05, 4.69) is 5.32 Å². The third-order valence-corrected chi connectivity index (χ3v) is 3.76. The van der Waals surface area contributed by atoms with Crippen LogP contribution in [0.25, 0.3) is 0 Å². The zero-order valence-electron chi connectivity index (χ0n) is 12.6. The number of carbonyl (C=O) groups is 1. The minimum absolute atomic E-state index is 0.0208. The molecule has 1 aromatic rings. The number of anilines is 1. The molecule has 1 fully saturated rings. The van der Waals surface area contributed by atoms with Crippen molar-refractivity contribution < 1.29 is 19.2 Å². The van der Waals surface area contributed by atoms with E-state index < -0.39 is 0 Å². The Kier molecular flexibility index (Phi) is 5.45. The van der Waals surface area contributed by atoms with Crippen molar-refractivity contribution in [3.63, 3.8) is 0 Å². The Morgan fingerprint density at radius 1 is 1.43 bits per heavy atom. The van der Waals surface area contributed by atoms with Gasteiger partial charge in [-0.25, -0.2) is 0 Å². The van der Waals surface area contributed by atoms with Gasteiger partial charge in [0, 0.05) is 5.69 Å². The highest BCUT2D eigenvalue weighted by molar-refractivity contribution is 6.32. The van der Waals surface area contributed by atoms with Gasteiger partial charge in [-0.15, -0.1) is 0 Å². The van der Waals surface area contributed by atoms with E-state index in [9.17, 15) is 4.79 Å². The Labute approximate surface area is 130 Å². The summed E-state index contributed by atoms with van der Waals surface area (Å²) in [6, 6.07) is 5.21. The van der Waals surface area contributed by atoms with Gasteiger partial charge in [0.05, 0.1) is 12.1 Å². The minimum atomic E-state index is -0.0208. The van der Waals surface area contributed by atoms with Crippen LogP contribution in [0.1, 0.15) is 13.8 Å². The number of quaternary nitrogens is 1. The van der Waals surface area contributed by atoms with E-state index in [0.29, 0.717) is 23.0 Å². The van der Waals surface area contributed by atoms with Gasteiger partial charge in [0.25, 0.3) is 5.91 Å². The monoisotopic (exact) mass is 313 g/mol. The van der Waals surface area contributed by atoms with Crippen LogP contribution < -0.4 is 15.0 Å². The highest BCUT2D eigenvalue weighted by Gasteiger charge is 2.27. The topological polar surface area (TPSA) is 52.0 Å². The van der Waals surface area contributed by atoms with Crippen LogP contribution in [0, 0.1) is 0 Å². The molecule has 0 unspecified atom stereocenters. The van der Waals surface area contributed by atoms with E-state index in [1.807, 2.05) is 13.8 Å². The van der Waals surface area contributed by atoms with Gasteiger partial charge in [-0.2, -0.15) is 0 Å². The molecule has 116 valence electrons. The molecule has 0 aliphatic carbocycles. The molecule has 1 aromatic carbocycles. The maximum Gasteiger partial charge on any atom is 0.279 e. The van der Waals surface area contributed by atoms with Crippen LogP contribution in [0.2, 0.25) is 5.02 Å². The molecule has 2 N–H and O–H groups in total. The van der Waals surface area contributed by atoms with Gasteiger partial charge in [0.15, 0.2) is 6.54 Å². The van der Waals surface area contributed by atoms with Crippen molar-refractivity contribution in [2.24, 2.45) is 0 Å². The number of morpholine rings is 1. The zero-order valence-corrected chi connectivity index (χ0v) is 13.4. The standard InChI is InChI=1S/C15H21ClN2O3/c1-10-7-18(8-11(2)21-10)9-15(19)17-12-4-5-14(20-3)13(16)6-12/h4-6,10-11H,7-9H2,1-3H3,(H,17,19)/p+1/t10-,11-/m1/s1. The summed E-state index contributed by atoms with van der Waals surface area (Å²) in [5.74, 6) is 0.573. The van der Waals surface area contributed by atoms with Crippen molar-refractivity contribution in [2.45, 2.75) is 26.1 Å². The molecule has 5 nitrogen and oxygen atoms in total. The molecular formula is C15H22ClN2O3+. The number of hydrogen-bond donors (Lipinski definition) is 2. The number of nitrogens with one attached hydrogen (secondary N) is 2. The Morgan fingerprint density at radius 3 is 2.67 bits per heavy atom. The van der Waals surface area contributed by atoms with Crippen molar-refractivity contribution in [3.8, 4) is 5.75 Å². The molecule has 0 bridgehead atoms. The summed E-state index contributed by atoms with van der Waals surface area (Å²) in [5, 5.41) is 3.35. The number of carbonyl (C=O) groups excluding carboxylic acids is 1. The summed E-state index contributed by atoms with van der Waals surface area (Å²) in [4.78, 5) is 13.3. The Balaban J connectivity index is 1.91. The van der Waals surface area contributed by atoms with Crippen LogP contribution in [0.15, 0.2) is 18.2 Å². The number of hydrogen-bond acceptors (Lipinski definition) is 3. The normalized spacial score (nSPS) is 25.4. The lowest BCUT2D eigenvalue weighted by Gasteiger charge is -2.31. The number of amides is 1. The molecule has 0 spiro atoms. The molecule has 1 heterocycles. The van der Waals surface area contributed by atoms with E-state index >= 15 is 0 Å². The van der Waals surface area contributed by atoms with Gasteiger partial charge in [-0.3, -0.25) is 4.79 Å². The summed E-state index contributed by atoms with van der Waals surface area (Å²) in [7, 11) is 1.56. The van der Waals surface area contributed by atoms with E-state index in [-0.39, 0.29) is 18.1 Å². The number of halogens is 1. The zero-order chi connectivity index (χ0) is 15.4. The van der Waals surface area contributed by atoms with Gasteiger partial charge < -0.3 is 19.7 Å². The van der Waals surface area contributed by atoms with Gasteiger partial charge in [-0.05, 0) is 32.0 Å². The van der Waals surface area contributed by atoms with E-state index in [1.165, 1.54) is 4.90 Å². The lowest BCUT2D eigenvalue weighted by Crippen LogP contribution is -3.16. The first-order chi connectivity index (χ1) is 9.97. The predicted octanol–water partition coefficient (Wildman–Crippen LogP) is 0.979. The first-order valence-electron chi connectivity index (χ1n) is 7.10. The summed E-state index contributed by atoms with van der Waals surface area (Å²) >= 11 is 6.05. The van der Waals surface area contributed by atoms with E-state index in [1.54, 1.807) is 25.3 Å². The van der Waals surface area contributed by atoms with Crippen molar-refractivity contribution in [3.05, 3.63) is 23.2 Å². The minimum Gasteiger partial charge on any atom is -0.495 e. The second kappa shape index (κ2) is 7.11. The summed E-state index contributed by atoms with van der Waals surface area (Å²) < 4.78 is 10.8. The molecule has 2 atom stereocenters. The SMILES string of the molecule is COc1ccc(NC(=O)C[NH+]2C[C@@H](C)O[C@H](C)C2)cc1Cl. The molecule has 0 radical (unpaired) electrons. The molecule has 2 rings (SSSR count). The molecule has 1 saturated heterocycles. The number of rotatable bonds is 4.